The number of fused-ring (bicyclic) bond motifs is 3. The van der Waals surface area contributed by atoms with Gasteiger partial charge in [0.1, 0.15) is 0 Å². The lowest BCUT2D eigenvalue weighted by Gasteiger charge is -2.42. The first-order valence-corrected chi connectivity index (χ1v) is 14.8. The van der Waals surface area contributed by atoms with Crippen LogP contribution >= 0.6 is 0 Å². The molecule has 2 bridgehead atoms. The monoisotopic (exact) mass is 533 g/mol. The Morgan fingerprint density at radius 2 is 1.75 bits per heavy atom. The van der Waals surface area contributed by atoms with Gasteiger partial charge < -0.3 is 16.0 Å². The predicted molar refractivity (Wildman–Crippen MR) is 157 cm³/mol. The van der Waals surface area contributed by atoms with Crippen molar-refractivity contribution in [2.24, 2.45) is 0 Å². The quantitative estimate of drug-likeness (QED) is 0.368. The van der Waals surface area contributed by atoms with Gasteiger partial charge in [0.2, 0.25) is 11.9 Å². The molecule has 0 amide bonds. The predicted octanol–water partition coefficient (Wildman–Crippen LogP) is 5.05. The Balaban J connectivity index is 1.11. The molecule has 1 saturated heterocycles. The smallest absolute Gasteiger partial charge is 0.248 e. The molecule has 0 unspecified atom stereocenters. The fourth-order valence-corrected chi connectivity index (χ4v) is 7.26. The minimum atomic E-state index is 0.313. The molecule has 9 heteroatoms. The van der Waals surface area contributed by atoms with E-state index in [0.717, 1.165) is 62.9 Å². The lowest BCUT2D eigenvalue weighted by molar-refractivity contribution is 0.179. The molecule has 4 aliphatic heterocycles. The van der Waals surface area contributed by atoms with Gasteiger partial charge in [0.05, 0.1) is 23.3 Å². The standard InChI is InChI=1S/C31H35N9/c32-30-36-31(34-23-16-22-19-39(24-8-4-5-9-24)15-12-26(22)33-18-23)37-40(30)27-17-25(20-6-2-1-3-7-20)29-28(35-27)21-10-13-38(29)14-11-21/h1-3,6-7,16-18,21,24H,4-5,8-15,19H2,(H3,32,34,36,37). The number of hydrogen-bond acceptors (Lipinski definition) is 8. The zero-order chi connectivity index (χ0) is 26.6. The van der Waals surface area contributed by atoms with E-state index in [-0.39, 0.29) is 0 Å². The van der Waals surface area contributed by atoms with Crippen LogP contribution < -0.4 is 16.0 Å². The Bertz CT molecular complexity index is 1550. The fraction of sp³-hybridized carbons (Fsp3) is 0.419. The summed E-state index contributed by atoms with van der Waals surface area (Å²) in [6.07, 6.45) is 10.5. The largest absolute Gasteiger partial charge is 0.370 e. The maximum absolute atomic E-state index is 6.44. The second kappa shape index (κ2) is 9.59. The van der Waals surface area contributed by atoms with Crippen LogP contribution in [0.4, 0.5) is 23.3 Å². The zero-order valence-corrected chi connectivity index (χ0v) is 22.8. The van der Waals surface area contributed by atoms with Gasteiger partial charge in [0, 0.05) is 55.8 Å². The van der Waals surface area contributed by atoms with Crippen LogP contribution in [0.3, 0.4) is 0 Å². The molecule has 9 nitrogen and oxygen atoms in total. The Morgan fingerprint density at radius 1 is 0.925 bits per heavy atom. The topological polar surface area (TPSA) is 101 Å². The number of piperidine rings is 1. The molecule has 2 fully saturated rings. The van der Waals surface area contributed by atoms with E-state index in [1.165, 1.54) is 53.8 Å². The van der Waals surface area contributed by atoms with Crippen molar-refractivity contribution in [1.29, 1.82) is 0 Å². The van der Waals surface area contributed by atoms with E-state index < -0.39 is 0 Å². The molecule has 1 aliphatic carbocycles. The van der Waals surface area contributed by atoms with E-state index in [1.807, 2.05) is 6.20 Å². The van der Waals surface area contributed by atoms with Crippen molar-refractivity contribution >= 4 is 23.3 Å². The minimum absolute atomic E-state index is 0.313. The van der Waals surface area contributed by atoms with Crippen molar-refractivity contribution in [2.45, 2.75) is 63.5 Å². The molecule has 3 N–H and O–H groups in total. The average molecular weight is 534 g/mol. The molecule has 0 atom stereocenters. The van der Waals surface area contributed by atoms with Crippen LogP contribution in [0, 0.1) is 0 Å². The Labute approximate surface area is 234 Å². The van der Waals surface area contributed by atoms with Crippen molar-refractivity contribution in [1.82, 2.24) is 29.6 Å². The highest BCUT2D eigenvalue weighted by molar-refractivity contribution is 5.83. The molecular weight excluding hydrogens is 498 g/mol. The number of nitrogen functional groups attached to an aromatic ring is 1. The summed E-state index contributed by atoms with van der Waals surface area (Å²) in [4.78, 5) is 19.6. The third-order valence-corrected chi connectivity index (χ3v) is 9.30. The molecule has 5 aliphatic rings. The van der Waals surface area contributed by atoms with Crippen LogP contribution in [0.1, 0.15) is 61.4 Å². The van der Waals surface area contributed by atoms with Crippen LogP contribution in [-0.2, 0) is 13.0 Å². The van der Waals surface area contributed by atoms with Crippen LogP contribution in [0.2, 0.25) is 0 Å². The van der Waals surface area contributed by atoms with Gasteiger partial charge in [-0.15, -0.1) is 5.10 Å². The number of aromatic nitrogens is 5. The van der Waals surface area contributed by atoms with Crippen LogP contribution in [-0.4, -0.2) is 55.3 Å². The molecule has 9 rings (SSSR count). The number of hydrogen-bond donors (Lipinski definition) is 2. The van der Waals surface area contributed by atoms with Crippen molar-refractivity contribution in [3.05, 3.63) is 65.6 Å². The minimum Gasteiger partial charge on any atom is -0.370 e. The van der Waals surface area contributed by atoms with Gasteiger partial charge in [-0.25, -0.2) is 4.98 Å². The molecule has 0 radical (unpaired) electrons. The molecule has 0 spiro atoms. The lowest BCUT2D eigenvalue weighted by Crippen LogP contribution is -2.40. The normalized spacial score (nSPS) is 19.1. The second-order valence-electron chi connectivity index (χ2n) is 11.7. The van der Waals surface area contributed by atoms with Crippen LogP contribution in [0.5, 0.6) is 0 Å². The van der Waals surface area contributed by atoms with Crippen molar-refractivity contribution in [3.8, 4) is 16.9 Å². The number of nitrogens with two attached hydrogens (primary N) is 1. The van der Waals surface area contributed by atoms with Crippen LogP contribution in [0.25, 0.3) is 16.9 Å². The van der Waals surface area contributed by atoms with Gasteiger partial charge in [0.25, 0.3) is 0 Å². The summed E-state index contributed by atoms with van der Waals surface area (Å²) in [6.45, 7) is 4.25. The van der Waals surface area contributed by atoms with Crippen molar-refractivity contribution < 1.29 is 0 Å². The highest BCUT2D eigenvalue weighted by Gasteiger charge is 2.35. The number of benzene rings is 1. The van der Waals surface area contributed by atoms with E-state index in [1.54, 1.807) is 4.68 Å². The Kier molecular flexibility index (Phi) is 5.72. The Morgan fingerprint density at radius 3 is 2.58 bits per heavy atom. The van der Waals surface area contributed by atoms with Gasteiger partial charge in [-0.1, -0.05) is 43.2 Å². The first-order valence-electron chi connectivity index (χ1n) is 14.8. The summed E-state index contributed by atoms with van der Waals surface area (Å²) in [5.41, 5.74) is 14.6. The van der Waals surface area contributed by atoms with E-state index in [9.17, 15) is 0 Å². The van der Waals surface area contributed by atoms with Gasteiger partial charge in [-0.05, 0) is 48.9 Å². The first-order chi connectivity index (χ1) is 19.7. The molecule has 1 saturated carbocycles. The summed E-state index contributed by atoms with van der Waals surface area (Å²) in [5, 5.41) is 8.13. The highest BCUT2D eigenvalue weighted by atomic mass is 15.4. The molecule has 4 aromatic rings. The molecule has 3 aromatic heterocycles. The molecule has 7 heterocycles. The highest BCUT2D eigenvalue weighted by Crippen LogP contribution is 2.46. The van der Waals surface area contributed by atoms with Crippen molar-refractivity contribution in [2.75, 3.05) is 35.6 Å². The van der Waals surface area contributed by atoms with Crippen LogP contribution in [0.15, 0.2) is 48.7 Å². The number of nitrogens with one attached hydrogen (secondary N) is 1. The van der Waals surface area contributed by atoms with Gasteiger partial charge in [-0.2, -0.15) is 9.67 Å². The van der Waals surface area contributed by atoms with E-state index in [0.29, 0.717) is 23.6 Å². The number of anilines is 4. The Hall–Kier alpha value is -3.98. The van der Waals surface area contributed by atoms with Gasteiger partial charge >= 0.3 is 0 Å². The van der Waals surface area contributed by atoms with E-state index >= 15 is 0 Å². The van der Waals surface area contributed by atoms with E-state index in [4.69, 9.17) is 20.8 Å². The summed E-state index contributed by atoms with van der Waals surface area (Å²) in [7, 11) is 0. The maximum atomic E-state index is 6.44. The first kappa shape index (κ1) is 23.9. The molecular formula is C31H35N9. The average Bonchev–Trinajstić information content (AvgIpc) is 3.67. The van der Waals surface area contributed by atoms with E-state index in [2.05, 4.69) is 62.6 Å². The summed E-state index contributed by atoms with van der Waals surface area (Å²) >= 11 is 0. The van der Waals surface area contributed by atoms with Gasteiger partial charge in [-0.3, -0.25) is 9.88 Å². The summed E-state index contributed by atoms with van der Waals surface area (Å²) < 4.78 is 1.67. The van der Waals surface area contributed by atoms with Crippen molar-refractivity contribution in [3.63, 3.8) is 0 Å². The number of nitrogens with zero attached hydrogens (tertiary/aromatic N) is 7. The SMILES string of the molecule is Nc1nc(Nc2cnc3c(c2)CN(C2CCCC2)CC3)nn1-c1cc(-c2ccccc2)c2c(n1)C1CCN2CC1. The number of rotatable bonds is 5. The fourth-order valence-electron chi connectivity index (χ4n) is 7.26. The molecule has 204 valence electrons. The zero-order valence-electron chi connectivity index (χ0n) is 22.8. The summed E-state index contributed by atoms with van der Waals surface area (Å²) in [6, 6.07) is 15.6. The third kappa shape index (κ3) is 4.11. The maximum Gasteiger partial charge on any atom is 0.248 e. The second-order valence-corrected chi connectivity index (χ2v) is 11.7. The van der Waals surface area contributed by atoms with Gasteiger partial charge in [0.15, 0.2) is 5.82 Å². The third-order valence-electron chi connectivity index (χ3n) is 9.30. The molecule has 1 aromatic carbocycles. The summed E-state index contributed by atoms with van der Waals surface area (Å²) in [5.74, 6) is 1.94. The molecule has 40 heavy (non-hydrogen) atoms. The number of pyridine rings is 2. The lowest BCUT2D eigenvalue weighted by atomic mass is 9.84.